The fourth-order valence-electron chi connectivity index (χ4n) is 2.04. The third-order valence-corrected chi connectivity index (χ3v) is 5.81. The van der Waals surface area contributed by atoms with Gasteiger partial charge in [-0.15, -0.1) is 0 Å². The van der Waals surface area contributed by atoms with Gasteiger partial charge in [0.2, 0.25) is 0 Å². The number of anilines is 1. The summed E-state index contributed by atoms with van der Waals surface area (Å²) in [5.41, 5.74) is 1.87. The number of amides is 1. The van der Waals surface area contributed by atoms with Gasteiger partial charge in [-0.1, -0.05) is 11.8 Å². The van der Waals surface area contributed by atoms with Gasteiger partial charge in [-0.3, -0.25) is 4.79 Å². The molecule has 1 fully saturated rings. The summed E-state index contributed by atoms with van der Waals surface area (Å²) in [6.45, 7) is 4.61. The van der Waals surface area contributed by atoms with Crippen LogP contribution in [0.3, 0.4) is 0 Å². The van der Waals surface area contributed by atoms with Gasteiger partial charge in [0.15, 0.2) is 4.75 Å². The number of hydrogen-bond acceptors (Lipinski definition) is 4. The lowest BCUT2D eigenvalue weighted by molar-refractivity contribution is -0.120. The summed E-state index contributed by atoms with van der Waals surface area (Å²) in [6.07, 6.45) is 0.383. The smallest absolute Gasteiger partial charge is 0.263 e. The Bertz CT molecular complexity index is 754. The number of benzene rings is 1. The molecule has 0 unspecified atom stereocenters. The summed E-state index contributed by atoms with van der Waals surface area (Å²) in [7, 11) is -3.64. The van der Waals surface area contributed by atoms with Gasteiger partial charge >= 0.3 is 0 Å². The second kappa shape index (κ2) is 5.17. The second-order valence-electron chi connectivity index (χ2n) is 5.36. The van der Waals surface area contributed by atoms with E-state index in [0.29, 0.717) is 12.1 Å². The molecule has 1 aliphatic heterocycles. The fraction of sp³-hybridized carbons (Fsp3) is 0.400. The lowest BCUT2D eigenvalue weighted by atomic mass is 10.1. The number of aryl methyl sites for hydroxylation is 1. The maximum atomic E-state index is 12.1. The highest BCUT2D eigenvalue weighted by Crippen LogP contribution is 2.39. The van der Waals surface area contributed by atoms with Gasteiger partial charge in [-0.05, 0) is 44.5 Å². The van der Waals surface area contributed by atoms with Crippen molar-refractivity contribution in [2.75, 3.05) is 10.9 Å². The van der Waals surface area contributed by atoms with Crippen molar-refractivity contribution in [1.29, 1.82) is 0 Å². The number of carbonyl (C=O) groups excluding carboxylic acids is 1. The highest BCUT2D eigenvalue weighted by Gasteiger charge is 2.60. The minimum atomic E-state index is -3.64. The molecule has 0 spiro atoms. The number of sulfonamides is 1. The fourth-order valence-corrected chi connectivity index (χ4v) is 3.51. The molecule has 0 atom stereocenters. The Morgan fingerprint density at radius 3 is 2.52 bits per heavy atom. The average Bonchev–Trinajstić information content (AvgIpc) is 2.41. The van der Waals surface area contributed by atoms with E-state index in [0.717, 1.165) is 15.4 Å². The number of aliphatic hydroxyl groups is 1. The predicted molar refractivity (Wildman–Crippen MR) is 80.2 cm³/mol. The van der Waals surface area contributed by atoms with Crippen molar-refractivity contribution < 1.29 is 18.3 Å². The van der Waals surface area contributed by atoms with E-state index in [-0.39, 0.29) is 6.61 Å². The number of carbonyl (C=O) groups is 1. The lowest BCUT2D eigenvalue weighted by Gasteiger charge is -2.42. The molecular formula is C15H17NO4S. The van der Waals surface area contributed by atoms with Crippen molar-refractivity contribution >= 4 is 21.6 Å². The van der Waals surface area contributed by atoms with Crippen LogP contribution < -0.4 is 4.31 Å². The van der Waals surface area contributed by atoms with Crippen LogP contribution in [0.5, 0.6) is 0 Å². The molecule has 0 saturated carbocycles. The van der Waals surface area contributed by atoms with E-state index >= 15 is 0 Å². The zero-order valence-electron chi connectivity index (χ0n) is 12.2. The third kappa shape index (κ3) is 2.33. The van der Waals surface area contributed by atoms with Crippen LogP contribution in [0.25, 0.3) is 0 Å². The van der Waals surface area contributed by atoms with Gasteiger partial charge in [0.25, 0.3) is 15.9 Å². The number of aliphatic hydroxyl groups excluding tert-OH is 1. The summed E-state index contributed by atoms with van der Waals surface area (Å²) < 4.78 is 23.8. The normalized spacial score (nSPS) is 18.7. The lowest BCUT2D eigenvalue weighted by Crippen LogP contribution is -2.67. The Morgan fingerprint density at radius 1 is 1.33 bits per heavy atom. The summed E-state index contributed by atoms with van der Waals surface area (Å²) in [5.74, 6) is 5.28. The van der Waals surface area contributed by atoms with E-state index in [1.165, 1.54) is 13.8 Å². The molecule has 1 N–H and O–H groups in total. The van der Waals surface area contributed by atoms with E-state index in [4.69, 9.17) is 5.11 Å². The Balaban J connectivity index is 2.35. The molecule has 1 aliphatic rings. The van der Waals surface area contributed by atoms with Crippen LogP contribution in [0.1, 0.15) is 31.4 Å². The van der Waals surface area contributed by atoms with Crippen molar-refractivity contribution in [1.82, 2.24) is 0 Å². The maximum absolute atomic E-state index is 12.1. The standard InChI is InChI=1S/C15H17NO4S/c1-11-10-13(8-7-12(11)6-4-5-9-17)16-14(18)15(2,3)21(16,19)20/h7-8,10,17H,5,9H2,1-3H3. The van der Waals surface area contributed by atoms with Gasteiger partial charge in [0, 0.05) is 12.0 Å². The average molecular weight is 307 g/mol. The van der Waals surface area contributed by atoms with E-state index < -0.39 is 20.7 Å². The number of nitrogens with zero attached hydrogens (tertiary/aromatic N) is 1. The van der Waals surface area contributed by atoms with E-state index in [1.54, 1.807) is 25.1 Å². The topological polar surface area (TPSA) is 74.7 Å². The summed E-state index contributed by atoms with van der Waals surface area (Å²) in [4.78, 5) is 12.0. The number of rotatable bonds is 2. The summed E-state index contributed by atoms with van der Waals surface area (Å²) in [6, 6.07) is 4.89. The van der Waals surface area contributed by atoms with Crippen LogP contribution >= 0.6 is 0 Å². The molecule has 2 rings (SSSR count). The highest BCUT2D eigenvalue weighted by molar-refractivity contribution is 7.98. The van der Waals surface area contributed by atoms with E-state index in [9.17, 15) is 13.2 Å². The first kappa shape index (κ1) is 15.5. The molecule has 1 aromatic carbocycles. The summed E-state index contributed by atoms with van der Waals surface area (Å²) >= 11 is 0. The van der Waals surface area contributed by atoms with Crippen LogP contribution in [0.15, 0.2) is 18.2 Å². The van der Waals surface area contributed by atoms with Crippen molar-refractivity contribution in [2.45, 2.75) is 31.9 Å². The molecule has 0 radical (unpaired) electrons. The Morgan fingerprint density at radius 2 is 2.00 bits per heavy atom. The SMILES string of the molecule is Cc1cc(N2C(=O)C(C)(C)S2(=O)=O)ccc1C#CCCO. The van der Waals surface area contributed by atoms with Crippen LogP contribution in [-0.2, 0) is 14.8 Å². The quantitative estimate of drug-likeness (QED) is 0.833. The second-order valence-corrected chi connectivity index (χ2v) is 7.70. The Kier molecular flexibility index (Phi) is 3.83. The van der Waals surface area contributed by atoms with Crippen molar-refractivity contribution in [3.63, 3.8) is 0 Å². The monoisotopic (exact) mass is 307 g/mol. The van der Waals surface area contributed by atoms with Crippen molar-refractivity contribution in [3.05, 3.63) is 29.3 Å². The minimum Gasteiger partial charge on any atom is -0.395 e. The van der Waals surface area contributed by atoms with Gasteiger partial charge in [-0.2, -0.15) is 0 Å². The van der Waals surface area contributed by atoms with Crippen LogP contribution in [0, 0.1) is 18.8 Å². The third-order valence-electron chi connectivity index (χ3n) is 3.49. The predicted octanol–water partition coefficient (Wildman–Crippen LogP) is 1.18. The molecule has 6 heteroatoms. The molecule has 0 aliphatic carbocycles. The molecule has 0 bridgehead atoms. The largest absolute Gasteiger partial charge is 0.395 e. The molecule has 112 valence electrons. The van der Waals surface area contributed by atoms with Crippen LogP contribution in [-0.4, -0.2) is 30.8 Å². The van der Waals surface area contributed by atoms with Crippen LogP contribution in [0.2, 0.25) is 0 Å². The van der Waals surface area contributed by atoms with E-state index in [2.05, 4.69) is 11.8 Å². The molecular weight excluding hydrogens is 290 g/mol. The minimum absolute atomic E-state index is 0.000261. The first-order valence-corrected chi connectivity index (χ1v) is 7.97. The molecule has 1 saturated heterocycles. The van der Waals surface area contributed by atoms with E-state index in [1.807, 2.05) is 0 Å². The Hall–Kier alpha value is -1.84. The zero-order chi connectivity index (χ0) is 15.8. The van der Waals surface area contributed by atoms with Crippen LogP contribution in [0.4, 0.5) is 5.69 Å². The van der Waals surface area contributed by atoms with Gasteiger partial charge in [-0.25, -0.2) is 12.7 Å². The number of hydrogen-bond donors (Lipinski definition) is 1. The molecule has 1 heterocycles. The van der Waals surface area contributed by atoms with Crippen molar-refractivity contribution in [3.8, 4) is 11.8 Å². The van der Waals surface area contributed by atoms with Gasteiger partial charge in [0.1, 0.15) is 0 Å². The maximum Gasteiger partial charge on any atom is 0.263 e. The molecule has 5 nitrogen and oxygen atoms in total. The highest BCUT2D eigenvalue weighted by atomic mass is 32.2. The zero-order valence-corrected chi connectivity index (χ0v) is 13.0. The molecule has 1 amide bonds. The van der Waals surface area contributed by atoms with Gasteiger partial charge < -0.3 is 5.11 Å². The molecule has 21 heavy (non-hydrogen) atoms. The Labute approximate surface area is 124 Å². The first-order chi connectivity index (χ1) is 9.73. The van der Waals surface area contributed by atoms with Gasteiger partial charge in [0.05, 0.1) is 12.3 Å². The molecule has 1 aromatic rings. The van der Waals surface area contributed by atoms with Crippen molar-refractivity contribution in [2.24, 2.45) is 0 Å². The first-order valence-electron chi connectivity index (χ1n) is 6.53. The molecule has 0 aromatic heterocycles. The summed E-state index contributed by atoms with van der Waals surface area (Å²) in [5, 5.41) is 8.69.